The Kier molecular flexibility index (Phi) is 22.4. The summed E-state index contributed by atoms with van der Waals surface area (Å²) in [6.45, 7) is 2.29. The summed E-state index contributed by atoms with van der Waals surface area (Å²) in [6, 6.07) is 0. The lowest BCUT2D eigenvalue weighted by Gasteiger charge is -2.01. The molecular formula is C22H43Br. The fourth-order valence-corrected chi connectivity index (χ4v) is 3.45. The lowest BCUT2D eigenvalue weighted by Crippen LogP contribution is -1.81. The Labute approximate surface area is 156 Å². The lowest BCUT2D eigenvalue weighted by molar-refractivity contribution is 0.557. The van der Waals surface area contributed by atoms with Gasteiger partial charge in [-0.1, -0.05) is 118 Å². The van der Waals surface area contributed by atoms with Gasteiger partial charge in [-0.2, -0.15) is 0 Å². The van der Waals surface area contributed by atoms with Crippen LogP contribution in [0.4, 0.5) is 0 Å². The maximum Gasteiger partial charge on any atom is 0.00313 e. The van der Waals surface area contributed by atoms with E-state index in [9.17, 15) is 0 Å². The summed E-state index contributed by atoms with van der Waals surface area (Å²) in [5.74, 6) is 0. The standard InChI is InChI=1S/C22H43Br/c1-2-3-4-5-6-7-8-9-10-11-12-13-14-15-16-17-18-19-20-21-22-23/h13-14H,2-12,15-22H2,1H3. The molecule has 0 aliphatic heterocycles. The van der Waals surface area contributed by atoms with Gasteiger partial charge in [-0.3, -0.25) is 0 Å². The second kappa shape index (κ2) is 22.2. The van der Waals surface area contributed by atoms with Crippen LogP contribution in [0.2, 0.25) is 0 Å². The first-order valence-electron chi connectivity index (χ1n) is 10.6. The van der Waals surface area contributed by atoms with Crippen LogP contribution in [0.25, 0.3) is 0 Å². The number of halogens is 1. The maximum atomic E-state index is 3.49. The summed E-state index contributed by atoms with van der Waals surface area (Å²) >= 11 is 3.49. The van der Waals surface area contributed by atoms with Crippen molar-refractivity contribution in [3.8, 4) is 0 Å². The van der Waals surface area contributed by atoms with E-state index in [0.29, 0.717) is 0 Å². The predicted octanol–water partition coefficient (Wildman–Crippen LogP) is 8.98. The molecule has 0 radical (unpaired) electrons. The van der Waals surface area contributed by atoms with Gasteiger partial charge in [-0.15, -0.1) is 0 Å². The Morgan fingerprint density at radius 2 is 0.826 bits per heavy atom. The van der Waals surface area contributed by atoms with Crippen LogP contribution in [0.1, 0.15) is 122 Å². The van der Waals surface area contributed by atoms with E-state index in [0.717, 1.165) is 0 Å². The van der Waals surface area contributed by atoms with Gasteiger partial charge in [-0.25, -0.2) is 0 Å². The quantitative estimate of drug-likeness (QED) is 0.118. The van der Waals surface area contributed by atoms with Crippen LogP contribution in [0.15, 0.2) is 12.2 Å². The molecule has 1 heteroatoms. The Morgan fingerprint density at radius 3 is 1.22 bits per heavy atom. The third kappa shape index (κ3) is 22.2. The van der Waals surface area contributed by atoms with E-state index in [2.05, 4.69) is 35.0 Å². The van der Waals surface area contributed by atoms with E-state index in [1.807, 2.05) is 0 Å². The molecule has 0 unspecified atom stereocenters. The molecule has 0 amide bonds. The second-order valence-electron chi connectivity index (χ2n) is 7.04. The van der Waals surface area contributed by atoms with Gasteiger partial charge >= 0.3 is 0 Å². The summed E-state index contributed by atoms with van der Waals surface area (Å²) in [4.78, 5) is 0. The zero-order valence-corrected chi connectivity index (χ0v) is 17.6. The van der Waals surface area contributed by atoms with Gasteiger partial charge in [0.05, 0.1) is 0 Å². The molecule has 23 heavy (non-hydrogen) atoms. The molecule has 0 aliphatic rings. The number of hydrogen-bond acceptors (Lipinski definition) is 0. The highest BCUT2D eigenvalue weighted by molar-refractivity contribution is 9.09. The first-order valence-corrected chi connectivity index (χ1v) is 11.7. The zero-order valence-electron chi connectivity index (χ0n) is 16.0. The molecule has 0 aromatic carbocycles. The zero-order chi connectivity index (χ0) is 16.8. The van der Waals surface area contributed by atoms with Crippen molar-refractivity contribution in [2.75, 3.05) is 5.33 Å². The number of hydrogen-bond donors (Lipinski definition) is 0. The third-order valence-electron chi connectivity index (χ3n) is 4.65. The molecule has 0 aromatic rings. The molecular weight excluding hydrogens is 344 g/mol. The SMILES string of the molecule is CCCCCCCCCCCCC=CCCCCCCCCBr. The van der Waals surface area contributed by atoms with Crippen LogP contribution in [-0.2, 0) is 0 Å². The van der Waals surface area contributed by atoms with Gasteiger partial charge in [0.2, 0.25) is 0 Å². The highest BCUT2D eigenvalue weighted by Gasteiger charge is 1.92. The molecule has 0 aromatic heterocycles. The smallest absolute Gasteiger partial charge is 0.00313 e. The maximum absolute atomic E-state index is 3.49. The molecule has 0 rings (SSSR count). The molecule has 0 saturated carbocycles. The second-order valence-corrected chi connectivity index (χ2v) is 7.83. The Bertz CT molecular complexity index is 222. The van der Waals surface area contributed by atoms with E-state index >= 15 is 0 Å². The van der Waals surface area contributed by atoms with Crippen LogP contribution in [0.3, 0.4) is 0 Å². The van der Waals surface area contributed by atoms with Gasteiger partial charge in [0.15, 0.2) is 0 Å². The van der Waals surface area contributed by atoms with Crippen LogP contribution < -0.4 is 0 Å². The molecule has 0 bridgehead atoms. The van der Waals surface area contributed by atoms with Crippen molar-refractivity contribution in [2.24, 2.45) is 0 Å². The molecule has 0 fully saturated rings. The molecule has 0 nitrogen and oxygen atoms in total. The Balaban J connectivity index is 3.03. The van der Waals surface area contributed by atoms with Gasteiger partial charge in [0.25, 0.3) is 0 Å². The van der Waals surface area contributed by atoms with E-state index in [1.54, 1.807) is 0 Å². The minimum absolute atomic E-state index is 1.18. The van der Waals surface area contributed by atoms with Crippen molar-refractivity contribution < 1.29 is 0 Å². The average molecular weight is 387 g/mol. The van der Waals surface area contributed by atoms with Crippen molar-refractivity contribution in [3.63, 3.8) is 0 Å². The lowest BCUT2D eigenvalue weighted by atomic mass is 10.1. The van der Waals surface area contributed by atoms with Crippen LogP contribution in [-0.4, -0.2) is 5.33 Å². The number of allylic oxidation sites excluding steroid dienone is 2. The number of alkyl halides is 1. The topological polar surface area (TPSA) is 0 Å². The summed E-state index contributed by atoms with van der Waals surface area (Å²) in [7, 11) is 0. The van der Waals surface area contributed by atoms with Crippen molar-refractivity contribution >= 4 is 15.9 Å². The van der Waals surface area contributed by atoms with E-state index < -0.39 is 0 Å². The normalized spacial score (nSPS) is 11.6. The molecule has 0 heterocycles. The van der Waals surface area contributed by atoms with E-state index in [4.69, 9.17) is 0 Å². The molecule has 138 valence electrons. The minimum atomic E-state index is 1.18. The Morgan fingerprint density at radius 1 is 0.478 bits per heavy atom. The largest absolute Gasteiger partial charge is 0.0928 e. The highest BCUT2D eigenvalue weighted by atomic mass is 79.9. The number of unbranched alkanes of at least 4 members (excludes halogenated alkanes) is 16. The minimum Gasteiger partial charge on any atom is -0.0928 e. The molecule has 0 spiro atoms. The predicted molar refractivity (Wildman–Crippen MR) is 112 cm³/mol. The first-order chi connectivity index (χ1) is 11.4. The molecule has 0 atom stereocenters. The summed E-state index contributed by atoms with van der Waals surface area (Å²) in [6.07, 6.45) is 30.3. The summed E-state index contributed by atoms with van der Waals surface area (Å²) in [5.41, 5.74) is 0. The van der Waals surface area contributed by atoms with Gasteiger partial charge < -0.3 is 0 Å². The summed E-state index contributed by atoms with van der Waals surface area (Å²) in [5, 5.41) is 1.18. The fraction of sp³-hybridized carbons (Fsp3) is 0.909. The van der Waals surface area contributed by atoms with Crippen molar-refractivity contribution in [1.82, 2.24) is 0 Å². The van der Waals surface area contributed by atoms with E-state index in [-0.39, 0.29) is 0 Å². The van der Waals surface area contributed by atoms with Gasteiger partial charge in [0, 0.05) is 5.33 Å². The van der Waals surface area contributed by atoms with Crippen molar-refractivity contribution in [1.29, 1.82) is 0 Å². The molecule has 0 saturated heterocycles. The Hall–Kier alpha value is 0.220. The van der Waals surface area contributed by atoms with Crippen molar-refractivity contribution in [2.45, 2.75) is 122 Å². The van der Waals surface area contributed by atoms with Gasteiger partial charge in [-0.05, 0) is 32.1 Å². The van der Waals surface area contributed by atoms with Crippen LogP contribution in [0.5, 0.6) is 0 Å². The monoisotopic (exact) mass is 386 g/mol. The first kappa shape index (κ1) is 23.2. The molecule has 0 N–H and O–H groups in total. The van der Waals surface area contributed by atoms with Crippen LogP contribution in [0, 0.1) is 0 Å². The highest BCUT2D eigenvalue weighted by Crippen LogP contribution is 2.12. The van der Waals surface area contributed by atoms with Crippen LogP contribution >= 0.6 is 15.9 Å². The van der Waals surface area contributed by atoms with E-state index in [1.165, 1.54) is 121 Å². The third-order valence-corrected chi connectivity index (χ3v) is 5.21. The number of rotatable bonds is 19. The van der Waals surface area contributed by atoms with Crippen molar-refractivity contribution in [3.05, 3.63) is 12.2 Å². The fourth-order valence-electron chi connectivity index (χ4n) is 3.05. The van der Waals surface area contributed by atoms with Gasteiger partial charge in [0.1, 0.15) is 0 Å². The molecule has 0 aliphatic carbocycles. The summed E-state index contributed by atoms with van der Waals surface area (Å²) < 4.78 is 0. The average Bonchev–Trinajstić information content (AvgIpc) is 2.57.